The molecule has 0 spiro atoms. The van der Waals surface area contributed by atoms with Gasteiger partial charge in [-0.3, -0.25) is 9.52 Å². The van der Waals surface area contributed by atoms with Crippen molar-refractivity contribution in [3.63, 3.8) is 0 Å². The molecule has 0 aromatic heterocycles. The van der Waals surface area contributed by atoms with Gasteiger partial charge in [-0.1, -0.05) is 25.1 Å². The van der Waals surface area contributed by atoms with Crippen molar-refractivity contribution >= 4 is 21.6 Å². The van der Waals surface area contributed by atoms with Crippen LogP contribution in [0.15, 0.2) is 53.4 Å². The summed E-state index contributed by atoms with van der Waals surface area (Å²) in [6.45, 7) is 5.96. The Hall–Kier alpha value is -2.45. The maximum absolute atomic E-state index is 13.8. The Labute approximate surface area is 158 Å². The number of anilines is 1. The van der Waals surface area contributed by atoms with Gasteiger partial charge in [0.2, 0.25) is 0 Å². The van der Waals surface area contributed by atoms with E-state index in [-0.39, 0.29) is 11.6 Å². The average molecular weight is 391 g/mol. The molecule has 0 atom stereocenters. The minimum atomic E-state index is -4.08. The van der Waals surface area contributed by atoms with Crippen LogP contribution in [0, 0.1) is 5.82 Å². The van der Waals surface area contributed by atoms with Crippen LogP contribution in [0.2, 0.25) is 0 Å². The summed E-state index contributed by atoms with van der Waals surface area (Å²) in [5, 5.41) is 0. The molecule has 2 aromatic carbocycles. The van der Waals surface area contributed by atoms with Gasteiger partial charge in [0.25, 0.3) is 15.9 Å². The third kappa shape index (κ3) is 4.45. The maximum atomic E-state index is 13.8. The van der Waals surface area contributed by atoms with Crippen LogP contribution in [0.25, 0.3) is 0 Å². The highest BCUT2D eigenvalue weighted by molar-refractivity contribution is 7.92. The number of rotatable bonds is 5. The van der Waals surface area contributed by atoms with Gasteiger partial charge in [-0.25, -0.2) is 12.8 Å². The van der Waals surface area contributed by atoms with Crippen molar-refractivity contribution in [3.8, 4) is 0 Å². The molecule has 1 aliphatic heterocycles. The number of halogens is 1. The van der Waals surface area contributed by atoms with E-state index in [4.69, 9.17) is 0 Å². The van der Waals surface area contributed by atoms with E-state index < -0.39 is 20.7 Å². The van der Waals surface area contributed by atoms with Crippen LogP contribution >= 0.6 is 0 Å². The van der Waals surface area contributed by atoms with Gasteiger partial charge in [0, 0.05) is 37.4 Å². The standard InChI is InChI=1S/C19H22FN3O3S/c1-2-22-10-12-23(13-11-22)19(24)15-6-5-7-16(14-15)21-27(25,26)18-9-4-3-8-17(18)20/h3-9,14,21H,2,10-13H2,1H3. The van der Waals surface area contributed by atoms with Gasteiger partial charge in [0.1, 0.15) is 10.7 Å². The summed E-state index contributed by atoms with van der Waals surface area (Å²) in [7, 11) is -4.08. The van der Waals surface area contributed by atoms with Crippen LogP contribution in [0.5, 0.6) is 0 Å². The fourth-order valence-electron chi connectivity index (χ4n) is 3.04. The molecule has 2 aromatic rings. The topological polar surface area (TPSA) is 69.7 Å². The highest BCUT2D eigenvalue weighted by Crippen LogP contribution is 2.20. The highest BCUT2D eigenvalue weighted by atomic mass is 32.2. The van der Waals surface area contributed by atoms with E-state index in [9.17, 15) is 17.6 Å². The Morgan fingerprint density at radius 1 is 1.07 bits per heavy atom. The van der Waals surface area contributed by atoms with E-state index in [1.165, 1.54) is 30.3 Å². The molecule has 0 radical (unpaired) electrons. The Morgan fingerprint density at radius 3 is 2.44 bits per heavy atom. The van der Waals surface area contributed by atoms with Crippen molar-refractivity contribution in [2.45, 2.75) is 11.8 Å². The molecule has 1 saturated heterocycles. The van der Waals surface area contributed by atoms with Gasteiger partial charge in [0.15, 0.2) is 0 Å². The van der Waals surface area contributed by atoms with E-state index in [0.717, 1.165) is 25.7 Å². The lowest BCUT2D eigenvalue weighted by molar-refractivity contribution is 0.0643. The second-order valence-electron chi connectivity index (χ2n) is 6.34. The molecular formula is C19H22FN3O3S. The molecule has 8 heteroatoms. The largest absolute Gasteiger partial charge is 0.336 e. The molecule has 1 fully saturated rings. The summed E-state index contributed by atoms with van der Waals surface area (Å²) in [4.78, 5) is 16.3. The fourth-order valence-corrected chi connectivity index (χ4v) is 4.17. The Balaban J connectivity index is 1.76. The molecule has 1 aliphatic rings. The number of nitrogens with zero attached hydrogens (tertiary/aromatic N) is 2. The van der Waals surface area contributed by atoms with Crippen molar-refractivity contribution in [1.82, 2.24) is 9.80 Å². The number of hydrogen-bond acceptors (Lipinski definition) is 4. The first-order valence-corrected chi connectivity index (χ1v) is 10.3. The smallest absolute Gasteiger partial charge is 0.264 e. The number of carbonyl (C=O) groups excluding carboxylic acids is 1. The van der Waals surface area contributed by atoms with E-state index in [2.05, 4.69) is 16.5 Å². The summed E-state index contributed by atoms with van der Waals surface area (Å²) < 4.78 is 41.0. The number of nitrogens with one attached hydrogen (secondary N) is 1. The monoisotopic (exact) mass is 391 g/mol. The zero-order valence-corrected chi connectivity index (χ0v) is 15.9. The molecule has 6 nitrogen and oxygen atoms in total. The molecule has 3 rings (SSSR count). The second-order valence-corrected chi connectivity index (χ2v) is 7.99. The molecule has 27 heavy (non-hydrogen) atoms. The lowest BCUT2D eigenvalue weighted by Gasteiger charge is -2.34. The van der Waals surface area contributed by atoms with Gasteiger partial charge in [-0.2, -0.15) is 0 Å². The second kappa shape index (κ2) is 8.06. The predicted molar refractivity (Wildman–Crippen MR) is 102 cm³/mol. The van der Waals surface area contributed by atoms with Gasteiger partial charge in [-0.05, 0) is 36.9 Å². The first kappa shape index (κ1) is 19.3. The van der Waals surface area contributed by atoms with Crippen molar-refractivity contribution in [2.75, 3.05) is 37.4 Å². The zero-order valence-electron chi connectivity index (χ0n) is 15.1. The third-order valence-electron chi connectivity index (χ3n) is 4.59. The van der Waals surface area contributed by atoms with Gasteiger partial charge in [-0.15, -0.1) is 0 Å². The Morgan fingerprint density at radius 2 is 1.78 bits per heavy atom. The van der Waals surface area contributed by atoms with Crippen molar-refractivity contribution < 1.29 is 17.6 Å². The molecular weight excluding hydrogens is 369 g/mol. The summed E-state index contributed by atoms with van der Waals surface area (Å²) in [5.41, 5.74) is 0.616. The molecule has 0 saturated carbocycles. The van der Waals surface area contributed by atoms with Crippen molar-refractivity contribution in [1.29, 1.82) is 0 Å². The lowest BCUT2D eigenvalue weighted by atomic mass is 10.1. The number of piperazine rings is 1. The molecule has 0 unspecified atom stereocenters. The minimum absolute atomic E-state index is 0.141. The minimum Gasteiger partial charge on any atom is -0.336 e. The van der Waals surface area contributed by atoms with Gasteiger partial charge in [0.05, 0.1) is 0 Å². The molecule has 1 heterocycles. The Kier molecular flexibility index (Phi) is 5.76. The zero-order chi connectivity index (χ0) is 19.4. The molecule has 1 amide bonds. The predicted octanol–water partition coefficient (Wildman–Crippen LogP) is 2.40. The number of carbonyl (C=O) groups is 1. The average Bonchev–Trinajstić information content (AvgIpc) is 2.67. The number of amides is 1. The number of sulfonamides is 1. The number of hydrogen-bond donors (Lipinski definition) is 1. The summed E-state index contributed by atoms with van der Waals surface area (Å²) in [5.74, 6) is -0.969. The maximum Gasteiger partial charge on any atom is 0.264 e. The SMILES string of the molecule is CCN1CCN(C(=O)c2cccc(NS(=O)(=O)c3ccccc3F)c2)CC1. The van der Waals surface area contributed by atoms with Gasteiger partial charge >= 0.3 is 0 Å². The summed E-state index contributed by atoms with van der Waals surface area (Å²) in [6.07, 6.45) is 0. The van der Waals surface area contributed by atoms with Crippen LogP contribution in [0.4, 0.5) is 10.1 Å². The number of benzene rings is 2. The van der Waals surface area contributed by atoms with E-state index in [0.29, 0.717) is 18.7 Å². The van der Waals surface area contributed by atoms with Gasteiger partial charge < -0.3 is 9.80 Å². The first-order valence-electron chi connectivity index (χ1n) is 8.80. The van der Waals surface area contributed by atoms with Crippen molar-refractivity contribution in [2.24, 2.45) is 0 Å². The van der Waals surface area contributed by atoms with E-state index >= 15 is 0 Å². The quantitative estimate of drug-likeness (QED) is 0.850. The summed E-state index contributed by atoms with van der Waals surface area (Å²) in [6, 6.07) is 11.4. The molecule has 1 N–H and O–H groups in total. The van der Waals surface area contributed by atoms with Crippen molar-refractivity contribution in [3.05, 3.63) is 59.9 Å². The molecule has 0 aliphatic carbocycles. The normalized spacial score (nSPS) is 15.6. The summed E-state index contributed by atoms with van der Waals surface area (Å²) >= 11 is 0. The third-order valence-corrected chi connectivity index (χ3v) is 6.01. The van der Waals surface area contributed by atoms with Crippen LogP contribution in [0.3, 0.4) is 0 Å². The van der Waals surface area contributed by atoms with Crippen LogP contribution < -0.4 is 4.72 Å². The fraction of sp³-hybridized carbons (Fsp3) is 0.316. The van der Waals surface area contributed by atoms with Crippen LogP contribution in [-0.2, 0) is 10.0 Å². The lowest BCUT2D eigenvalue weighted by Crippen LogP contribution is -2.48. The molecule has 0 bridgehead atoms. The Bertz CT molecular complexity index is 925. The molecule has 144 valence electrons. The van der Waals surface area contributed by atoms with Crippen LogP contribution in [-0.4, -0.2) is 56.8 Å². The van der Waals surface area contributed by atoms with Crippen LogP contribution in [0.1, 0.15) is 17.3 Å². The van der Waals surface area contributed by atoms with E-state index in [1.54, 1.807) is 17.0 Å². The highest BCUT2D eigenvalue weighted by Gasteiger charge is 2.23. The van der Waals surface area contributed by atoms with E-state index in [1.807, 2.05) is 0 Å². The number of likely N-dealkylation sites (N-methyl/N-ethyl adjacent to an activating group) is 1. The first-order chi connectivity index (χ1) is 12.9.